The molecule has 0 aromatic heterocycles. The average Bonchev–Trinajstić information content (AvgIpc) is 2.59. The van der Waals surface area contributed by atoms with Gasteiger partial charge < -0.3 is 10.1 Å². The van der Waals surface area contributed by atoms with E-state index in [1.165, 1.54) is 0 Å². The van der Waals surface area contributed by atoms with Crippen molar-refractivity contribution < 1.29 is 9.53 Å². The quantitative estimate of drug-likeness (QED) is 0.842. The number of nitrogens with one attached hydrogen (secondary N) is 1. The van der Waals surface area contributed by atoms with E-state index in [-0.39, 0.29) is 11.9 Å². The van der Waals surface area contributed by atoms with Crippen LogP contribution < -0.4 is 10.1 Å². The molecule has 0 radical (unpaired) electrons. The number of hydrogen-bond donors (Lipinski definition) is 1. The number of aryl methyl sites for hydroxylation is 1. The Hall–Kier alpha value is -2.29. The van der Waals surface area contributed by atoms with Gasteiger partial charge in [-0.2, -0.15) is 0 Å². The zero-order chi connectivity index (χ0) is 15.8. The number of hydrogen-bond acceptors (Lipinski definition) is 2. The van der Waals surface area contributed by atoms with E-state index in [4.69, 9.17) is 4.74 Å². The highest BCUT2D eigenvalue weighted by molar-refractivity contribution is 5.76. The second-order valence-corrected chi connectivity index (χ2v) is 5.29. The SMILES string of the molecule is CC[C@@H](NC(=O)CCc1ccc(OC)cc1)c1ccccc1. The second-order valence-electron chi connectivity index (χ2n) is 5.29. The van der Waals surface area contributed by atoms with Crippen molar-refractivity contribution in [3.63, 3.8) is 0 Å². The Labute approximate surface area is 132 Å². The maximum atomic E-state index is 12.1. The van der Waals surface area contributed by atoms with E-state index in [0.29, 0.717) is 6.42 Å². The first-order valence-corrected chi connectivity index (χ1v) is 7.70. The predicted molar refractivity (Wildman–Crippen MR) is 88.9 cm³/mol. The van der Waals surface area contributed by atoms with Crippen LogP contribution in [-0.2, 0) is 11.2 Å². The number of rotatable bonds is 7. The van der Waals surface area contributed by atoms with Gasteiger partial charge in [0.15, 0.2) is 0 Å². The second kappa shape index (κ2) is 8.23. The lowest BCUT2D eigenvalue weighted by Crippen LogP contribution is -2.28. The minimum absolute atomic E-state index is 0.0876. The van der Waals surface area contributed by atoms with Crippen LogP contribution in [0, 0.1) is 0 Å². The first-order chi connectivity index (χ1) is 10.7. The van der Waals surface area contributed by atoms with Crippen LogP contribution in [0.4, 0.5) is 0 Å². The van der Waals surface area contributed by atoms with E-state index < -0.39 is 0 Å². The molecule has 116 valence electrons. The molecule has 0 bridgehead atoms. The number of carbonyl (C=O) groups is 1. The van der Waals surface area contributed by atoms with Gasteiger partial charge in [0.05, 0.1) is 13.2 Å². The van der Waals surface area contributed by atoms with Gasteiger partial charge in [0, 0.05) is 6.42 Å². The molecule has 2 rings (SSSR count). The lowest BCUT2D eigenvalue weighted by atomic mass is 10.0. The molecule has 22 heavy (non-hydrogen) atoms. The minimum atomic E-state index is 0.0876. The summed E-state index contributed by atoms with van der Waals surface area (Å²) in [5.74, 6) is 0.926. The van der Waals surface area contributed by atoms with Crippen LogP contribution in [-0.4, -0.2) is 13.0 Å². The van der Waals surface area contributed by atoms with Crippen LogP contribution in [0.5, 0.6) is 5.75 Å². The van der Waals surface area contributed by atoms with Gasteiger partial charge in [0.1, 0.15) is 5.75 Å². The lowest BCUT2D eigenvalue weighted by Gasteiger charge is -2.17. The van der Waals surface area contributed by atoms with Gasteiger partial charge in [-0.15, -0.1) is 0 Å². The molecule has 0 fully saturated rings. The summed E-state index contributed by atoms with van der Waals surface area (Å²) in [4.78, 5) is 12.1. The van der Waals surface area contributed by atoms with Crippen molar-refractivity contribution in [3.8, 4) is 5.75 Å². The standard InChI is InChI=1S/C19H23NO2/c1-3-18(16-7-5-4-6-8-16)20-19(21)14-11-15-9-12-17(22-2)13-10-15/h4-10,12-13,18H,3,11,14H2,1-2H3,(H,20,21)/t18-/m1/s1. The van der Waals surface area contributed by atoms with E-state index in [2.05, 4.69) is 24.4 Å². The van der Waals surface area contributed by atoms with Crippen molar-refractivity contribution in [2.45, 2.75) is 32.2 Å². The Balaban J connectivity index is 1.86. The summed E-state index contributed by atoms with van der Waals surface area (Å²) in [6.07, 6.45) is 2.12. The predicted octanol–water partition coefficient (Wildman–Crippen LogP) is 3.90. The van der Waals surface area contributed by atoms with Crippen LogP contribution in [0.15, 0.2) is 54.6 Å². The Morgan fingerprint density at radius 3 is 2.36 bits per heavy atom. The van der Waals surface area contributed by atoms with Crippen LogP contribution >= 0.6 is 0 Å². The van der Waals surface area contributed by atoms with Crippen molar-refractivity contribution in [1.82, 2.24) is 5.32 Å². The number of ether oxygens (including phenoxy) is 1. The molecule has 1 amide bonds. The summed E-state index contributed by atoms with van der Waals surface area (Å²) in [6, 6.07) is 18.0. The Bertz CT molecular complexity index is 578. The van der Waals surface area contributed by atoms with Crippen LogP contribution in [0.1, 0.15) is 36.9 Å². The van der Waals surface area contributed by atoms with Gasteiger partial charge in [0.25, 0.3) is 0 Å². The Morgan fingerprint density at radius 1 is 1.09 bits per heavy atom. The van der Waals surface area contributed by atoms with Crippen LogP contribution in [0.25, 0.3) is 0 Å². The third-order valence-electron chi connectivity index (χ3n) is 3.75. The van der Waals surface area contributed by atoms with E-state index in [9.17, 15) is 4.79 Å². The highest BCUT2D eigenvalue weighted by atomic mass is 16.5. The molecular weight excluding hydrogens is 274 g/mol. The highest BCUT2D eigenvalue weighted by Gasteiger charge is 2.12. The fourth-order valence-corrected chi connectivity index (χ4v) is 2.42. The largest absolute Gasteiger partial charge is 0.497 e. The molecule has 0 aliphatic rings. The van der Waals surface area contributed by atoms with Gasteiger partial charge in [-0.25, -0.2) is 0 Å². The first kappa shape index (κ1) is 16.1. The third kappa shape index (κ3) is 4.62. The molecule has 0 spiro atoms. The lowest BCUT2D eigenvalue weighted by molar-refractivity contribution is -0.121. The summed E-state index contributed by atoms with van der Waals surface area (Å²) >= 11 is 0. The number of benzene rings is 2. The number of methoxy groups -OCH3 is 1. The molecule has 0 aliphatic heterocycles. The third-order valence-corrected chi connectivity index (χ3v) is 3.75. The fraction of sp³-hybridized carbons (Fsp3) is 0.316. The number of carbonyl (C=O) groups excluding carboxylic acids is 1. The maximum Gasteiger partial charge on any atom is 0.220 e. The van der Waals surface area contributed by atoms with E-state index in [1.807, 2.05) is 42.5 Å². The molecule has 0 heterocycles. The van der Waals surface area contributed by atoms with E-state index in [0.717, 1.165) is 29.7 Å². The first-order valence-electron chi connectivity index (χ1n) is 7.70. The zero-order valence-corrected chi connectivity index (χ0v) is 13.2. The highest BCUT2D eigenvalue weighted by Crippen LogP contribution is 2.17. The maximum absolute atomic E-state index is 12.1. The summed E-state index contributed by atoms with van der Waals surface area (Å²) in [6.45, 7) is 2.08. The van der Waals surface area contributed by atoms with E-state index in [1.54, 1.807) is 7.11 Å². The molecule has 1 N–H and O–H groups in total. The molecule has 2 aromatic rings. The monoisotopic (exact) mass is 297 g/mol. The van der Waals surface area contributed by atoms with Gasteiger partial charge >= 0.3 is 0 Å². The molecule has 0 unspecified atom stereocenters. The Kier molecular flexibility index (Phi) is 6.01. The number of amides is 1. The normalized spacial score (nSPS) is 11.7. The van der Waals surface area contributed by atoms with Gasteiger partial charge in [-0.05, 0) is 36.1 Å². The molecule has 2 aromatic carbocycles. The van der Waals surface area contributed by atoms with Crippen molar-refractivity contribution in [2.75, 3.05) is 7.11 Å². The van der Waals surface area contributed by atoms with Gasteiger partial charge in [-0.3, -0.25) is 4.79 Å². The molecule has 0 aliphatic carbocycles. The van der Waals surface area contributed by atoms with E-state index >= 15 is 0 Å². The minimum Gasteiger partial charge on any atom is -0.497 e. The van der Waals surface area contributed by atoms with Crippen molar-refractivity contribution in [2.24, 2.45) is 0 Å². The molecule has 1 atom stereocenters. The molecule has 0 saturated carbocycles. The van der Waals surface area contributed by atoms with Crippen molar-refractivity contribution >= 4 is 5.91 Å². The molecular formula is C19H23NO2. The Morgan fingerprint density at radius 2 is 1.77 bits per heavy atom. The summed E-state index contributed by atoms with van der Waals surface area (Å²) in [7, 11) is 1.65. The smallest absolute Gasteiger partial charge is 0.220 e. The molecule has 3 nitrogen and oxygen atoms in total. The average molecular weight is 297 g/mol. The van der Waals surface area contributed by atoms with Crippen LogP contribution in [0.2, 0.25) is 0 Å². The van der Waals surface area contributed by atoms with Gasteiger partial charge in [0.2, 0.25) is 5.91 Å². The zero-order valence-electron chi connectivity index (χ0n) is 13.2. The molecule has 0 saturated heterocycles. The summed E-state index contributed by atoms with van der Waals surface area (Å²) in [5, 5.41) is 3.11. The fourth-order valence-electron chi connectivity index (χ4n) is 2.42. The summed E-state index contributed by atoms with van der Waals surface area (Å²) in [5.41, 5.74) is 2.30. The van der Waals surface area contributed by atoms with Crippen LogP contribution in [0.3, 0.4) is 0 Å². The topological polar surface area (TPSA) is 38.3 Å². The van der Waals surface area contributed by atoms with Crippen molar-refractivity contribution in [3.05, 3.63) is 65.7 Å². The van der Waals surface area contributed by atoms with Gasteiger partial charge in [-0.1, -0.05) is 49.4 Å². The summed E-state index contributed by atoms with van der Waals surface area (Å²) < 4.78 is 5.13. The van der Waals surface area contributed by atoms with Crippen molar-refractivity contribution in [1.29, 1.82) is 0 Å². The molecule has 3 heteroatoms.